The number of aromatic nitrogens is 4. The summed E-state index contributed by atoms with van der Waals surface area (Å²) in [7, 11) is 0. The summed E-state index contributed by atoms with van der Waals surface area (Å²) in [6.45, 7) is 2.46. The second kappa shape index (κ2) is 5.26. The van der Waals surface area contributed by atoms with Gasteiger partial charge in [0.15, 0.2) is 0 Å². The number of nitrogen functional groups attached to an aromatic ring is 1. The van der Waals surface area contributed by atoms with Gasteiger partial charge >= 0.3 is 0 Å². The van der Waals surface area contributed by atoms with Gasteiger partial charge in [0.05, 0.1) is 0 Å². The second-order valence-corrected chi connectivity index (χ2v) is 3.88. The van der Waals surface area contributed by atoms with Gasteiger partial charge in [0, 0.05) is 18.4 Å². The molecule has 2 aromatic rings. The summed E-state index contributed by atoms with van der Waals surface area (Å²) < 4.78 is 1.39. The van der Waals surface area contributed by atoms with Crippen molar-refractivity contribution in [1.29, 1.82) is 0 Å². The van der Waals surface area contributed by atoms with Gasteiger partial charge in [-0.25, -0.2) is 9.67 Å². The number of aryl methyl sites for hydroxylation is 1. The van der Waals surface area contributed by atoms with Crippen LogP contribution in [0.25, 0.3) is 0 Å². The molecule has 18 heavy (non-hydrogen) atoms. The van der Waals surface area contributed by atoms with Crippen LogP contribution in [0.3, 0.4) is 0 Å². The Labute approximate surface area is 104 Å². The Morgan fingerprint density at radius 1 is 1.44 bits per heavy atom. The Hall–Kier alpha value is -2.44. The van der Waals surface area contributed by atoms with E-state index in [1.807, 2.05) is 19.1 Å². The molecule has 2 rings (SSSR count). The van der Waals surface area contributed by atoms with Gasteiger partial charge in [-0.3, -0.25) is 9.78 Å². The molecule has 0 fully saturated rings. The van der Waals surface area contributed by atoms with Crippen molar-refractivity contribution in [3.8, 4) is 0 Å². The van der Waals surface area contributed by atoms with Gasteiger partial charge in [-0.05, 0) is 18.6 Å². The SMILES string of the molecule is Cc1ccc(CNC(=O)Cn2cnc(N)n2)cn1. The maximum Gasteiger partial charge on any atom is 0.242 e. The first-order valence-corrected chi connectivity index (χ1v) is 5.46. The van der Waals surface area contributed by atoms with Gasteiger partial charge < -0.3 is 11.1 Å². The fourth-order valence-electron chi connectivity index (χ4n) is 1.39. The first kappa shape index (κ1) is 12.0. The van der Waals surface area contributed by atoms with E-state index in [2.05, 4.69) is 20.4 Å². The first-order chi connectivity index (χ1) is 8.63. The minimum absolute atomic E-state index is 0.101. The van der Waals surface area contributed by atoms with Gasteiger partial charge in [-0.15, -0.1) is 5.10 Å². The highest BCUT2D eigenvalue weighted by molar-refractivity contribution is 5.75. The molecule has 0 saturated carbocycles. The van der Waals surface area contributed by atoms with E-state index < -0.39 is 0 Å². The molecule has 3 N–H and O–H groups in total. The Bertz CT molecular complexity index is 533. The Morgan fingerprint density at radius 2 is 2.28 bits per heavy atom. The molecule has 0 aliphatic rings. The normalized spacial score (nSPS) is 10.3. The van der Waals surface area contributed by atoms with E-state index in [1.54, 1.807) is 6.20 Å². The van der Waals surface area contributed by atoms with E-state index in [-0.39, 0.29) is 18.4 Å². The molecule has 0 aliphatic heterocycles. The lowest BCUT2D eigenvalue weighted by Crippen LogP contribution is -2.27. The quantitative estimate of drug-likeness (QED) is 0.783. The second-order valence-electron chi connectivity index (χ2n) is 3.88. The molecule has 0 aromatic carbocycles. The maximum absolute atomic E-state index is 11.6. The summed E-state index contributed by atoms with van der Waals surface area (Å²) in [6, 6.07) is 3.83. The zero-order valence-corrected chi connectivity index (χ0v) is 10.00. The molecule has 7 heteroatoms. The lowest BCUT2D eigenvalue weighted by Gasteiger charge is -2.05. The number of nitrogens with zero attached hydrogens (tertiary/aromatic N) is 4. The van der Waals surface area contributed by atoms with Crippen molar-refractivity contribution in [2.75, 3.05) is 5.73 Å². The van der Waals surface area contributed by atoms with Gasteiger partial charge in [0.2, 0.25) is 11.9 Å². The minimum atomic E-state index is -0.152. The molecule has 2 aromatic heterocycles. The molecular weight excluding hydrogens is 232 g/mol. The number of carbonyl (C=O) groups is 1. The predicted octanol–water partition coefficient (Wildman–Crippen LogP) is -0.120. The van der Waals surface area contributed by atoms with E-state index in [4.69, 9.17) is 5.73 Å². The fourth-order valence-corrected chi connectivity index (χ4v) is 1.39. The number of nitrogens with two attached hydrogens (primary N) is 1. The minimum Gasteiger partial charge on any atom is -0.367 e. The largest absolute Gasteiger partial charge is 0.367 e. The van der Waals surface area contributed by atoms with Crippen LogP contribution in [0.15, 0.2) is 24.7 Å². The van der Waals surface area contributed by atoms with Crippen LogP contribution in [0.1, 0.15) is 11.3 Å². The van der Waals surface area contributed by atoms with E-state index in [0.29, 0.717) is 6.54 Å². The number of nitrogens with one attached hydrogen (secondary N) is 1. The molecule has 7 nitrogen and oxygen atoms in total. The number of carbonyl (C=O) groups excluding carboxylic acids is 1. The van der Waals surface area contributed by atoms with Crippen molar-refractivity contribution in [3.63, 3.8) is 0 Å². The number of amides is 1. The third-order valence-corrected chi connectivity index (χ3v) is 2.32. The van der Waals surface area contributed by atoms with Crippen LogP contribution in [-0.2, 0) is 17.9 Å². The molecule has 1 amide bonds. The number of rotatable bonds is 4. The topological polar surface area (TPSA) is 98.7 Å². The van der Waals surface area contributed by atoms with Gasteiger partial charge in [0.25, 0.3) is 0 Å². The van der Waals surface area contributed by atoms with Crippen LogP contribution in [0.5, 0.6) is 0 Å². The molecule has 0 spiro atoms. The number of anilines is 1. The highest BCUT2D eigenvalue weighted by Gasteiger charge is 2.04. The summed E-state index contributed by atoms with van der Waals surface area (Å²) in [4.78, 5) is 19.5. The Morgan fingerprint density at radius 3 is 2.89 bits per heavy atom. The lowest BCUT2D eigenvalue weighted by molar-refractivity contribution is -0.122. The number of hydrogen-bond acceptors (Lipinski definition) is 5. The molecule has 2 heterocycles. The van der Waals surface area contributed by atoms with Gasteiger partial charge in [-0.2, -0.15) is 0 Å². The molecule has 0 atom stereocenters. The molecule has 0 aliphatic carbocycles. The smallest absolute Gasteiger partial charge is 0.242 e. The van der Waals surface area contributed by atoms with Crippen LogP contribution < -0.4 is 11.1 Å². The average molecular weight is 246 g/mol. The van der Waals surface area contributed by atoms with Gasteiger partial charge in [0.1, 0.15) is 12.9 Å². The van der Waals surface area contributed by atoms with Crippen LogP contribution in [-0.4, -0.2) is 25.7 Å². The van der Waals surface area contributed by atoms with Crippen molar-refractivity contribution in [2.45, 2.75) is 20.0 Å². The summed E-state index contributed by atoms with van der Waals surface area (Å²) in [5, 5.41) is 6.60. The van der Waals surface area contributed by atoms with Crippen LogP contribution in [0, 0.1) is 6.92 Å². The van der Waals surface area contributed by atoms with Crippen molar-refractivity contribution < 1.29 is 4.79 Å². The summed E-state index contributed by atoms with van der Waals surface area (Å²) in [6.07, 6.45) is 3.16. The zero-order valence-electron chi connectivity index (χ0n) is 10.00. The monoisotopic (exact) mass is 246 g/mol. The van der Waals surface area contributed by atoms with Crippen LogP contribution >= 0.6 is 0 Å². The highest BCUT2D eigenvalue weighted by Crippen LogP contribution is 1.98. The van der Waals surface area contributed by atoms with E-state index in [1.165, 1.54) is 11.0 Å². The standard InChI is InChI=1S/C11H14N6O/c1-8-2-3-9(4-13-8)5-14-10(18)6-17-7-15-11(12)16-17/h2-4,7H,5-6H2,1H3,(H2,12,16)(H,14,18). The van der Waals surface area contributed by atoms with Crippen molar-refractivity contribution >= 4 is 11.9 Å². The van der Waals surface area contributed by atoms with E-state index in [0.717, 1.165) is 11.3 Å². The molecule has 0 unspecified atom stereocenters. The van der Waals surface area contributed by atoms with Gasteiger partial charge in [-0.1, -0.05) is 6.07 Å². The predicted molar refractivity (Wildman–Crippen MR) is 65.3 cm³/mol. The van der Waals surface area contributed by atoms with E-state index >= 15 is 0 Å². The highest BCUT2D eigenvalue weighted by atomic mass is 16.2. The third kappa shape index (κ3) is 3.27. The summed E-state index contributed by atoms with van der Waals surface area (Å²) in [5.41, 5.74) is 7.25. The molecule has 94 valence electrons. The Balaban J connectivity index is 1.83. The lowest BCUT2D eigenvalue weighted by atomic mass is 10.2. The fraction of sp³-hybridized carbons (Fsp3) is 0.273. The maximum atomic E-state index is 11.6. The van der Waals surface area contributed by atoms with Crippen molar-refractivity contribution in [2.24, 2.45) is 0 Å². The number of hydrogen-bond donors (Lipinski definition) is 2. The summed E-state index contributed by atoms with van der Waals surface area (Å²) in [5.74, 6) is 0.00556. The van der Waals surface area contributed by atoms with E-state index in [9.17, 15) is 4.79 Å². The average Bonchev–Trinajstić information content (AvgIpc) is 2.74. The van der Waals surface area contributed by atoms with Crippen molar-refractivity contribution in [1.82, 2.24) is 25.1 Å². The first-order valence-electron chi connectivity index (χ1n) is 5.46. The zero-order chi connectivity index (χ0) is 13.0. The third-order valence-electron chi connectivity index (χ3n) is 2.32. The van der Waals surface area contributed by atoms with Crippen LogP contribution in [0.2, 0.25) is 0 Å². The Kier molecular flexibility index (Phi) is 3.52. The number of pyridine rings is 1. The van der Waals surface area contributed by atoms with Crippen molar-refractivity contribution in [3.05, 3.63) is 35.9 Å². The summed E-state index contributed by atoms with van der Waals surface area (Å²) >= 11 is 0. The molecule has 0 saturated heterocycles. The molecule has 0 radical (unpaired) electrons. The molecular formula is C11H14N6O. The molecule has 0 bridgehead atoms. The van der Waals surface area contributed by atoms with Crippen LogP contribution in [0.4, 0.5) is 5.95 Å².